The number of hydrogen-bond acceptors (Lipinski definition) is 2. The summed E-state index contributed by atoms with van der Waals surface area (Å²) in [6.45, 7) is 0.396. The third-order valence-electron chi connectivity index (χ3n) is 1.43. The van der Waals surface area contributed by atoms with E-state index >= 15 is 0 Å². The first kappa shape index (κ1) is 13.2. The van der Waals surface area contributed by atoms with E-state index in [0.717, 1.165) is 17.6 Å². The van der Waals surface area contributed by atoms with E-state index in [-0.39, 0.29) is 0 Å². The van der Waals surface area contributed by atoms with E-state index in [0.29, 0.717) is 6.61 Å². The van der Waals surface area contributed by atoms with Gasteiger partial charge in [-0.05, 0) is 5.56 Å². The van der Waals surface area contributed by atoms with E-state index in [4.69, 9.17) is 39.0 Å². The fourth-order valence-corrected chi connectivity index (χ4v) is 1.57. The van der Waals surface area contributed by atoms with Crippen LogP contribution in [0.3, 0.4) is 0 Å². The Bertz CT molecular complexity index is 308. The molecular weight excluding hydrogens is 275 g/mol. The monoisotopic (exact) mass is 282 g/mol. The van der Waals surface area contributed by atoms with E-state index in [2.05, 4.69) is 0 Å². The molecule has 0 aliphatic heterocycles. The molecule has 82 valence electrons. The normalized spacial score (nSPS) is 12.2. The topological polar surface area (TPSA) is 9.23 Å². The Labute approximate surface area is 109 Å². The van der Waals surface area contributed by atoms with Gasteiger partial charge in [-0.3, -0.25) is 0 Å². The molecule has 1 aromatic rings. The van der Waals surface area contributed by atoms with Crippen molar-refractivity contribution < 1.29 is 4.18 Å². The van der Waals surface area contributed by atoms with Crippen LogP contribution < -0.4 is 0 Å². The summed E-state index contributed by atoms with van der Waals surface area (Å²) in [6, 6.07) is 9.90. The van der Waals surface area contributed by atoms with Gasteiger partial charge in [-0.1, -0.05) is 77.3 Å². The summed E-state index contributed by atoms with van der Waals surface area (Å²) in [5.41, 5.74) is 1.11. The zero-order chi connectivity index (χ0) is 11.1. The number of alkyl halides is 3. The molecule has 0 unspecified atom stereocenters. The van der Waals surface area contributed by atoms with E-state index in [1.807, 2.05) is 42.5 Å². The number of hydrogen-bond donors (Lipinski definition) is 0. The van der Waals surface area contributed by atoms with Crippen molar-refractivity contribution >= 4 is 52.9 Å². The molecule has 0 aliphatic carbocycles. The van der Waals surface area contributed by atoms with E-state index in [9.17, 15) is 0 Å². The van der Waals surface area contributed by atoms with Crippen LogP contribution in [0, 0.1) is 0 Å². The van der Waals surface area contributed by atoms with Crippen LogP contribution in [0.15, 0.2) is 36.4 Å². The van der Waals surface area contributed by atoms with Crippen molar-refractivity contribution in [3.63, 3.8) is 0 Å². The highest BCUT2D eigenvalue weighted by Crippen LogP contribution is 2.39. The van der Waals surface area contributed by atoms with Gasteiger partial charge in [0.25, 0.3) is 3.12 Å². The molecule has 0 aliphatic rings. The van der Waals surface area contributed by atoms with Gasteiger partial charge in [0.15, 0.2) is 0 Å². The molecule has 0 atom stereocenters. The Morgan fingerprint density at radius 3 is 2.47 bits per heavy atom. The third kappa shape index (κ3) is 7.09. The highest BCUT2D eigenvalue weighted by Gasteiger charge is 2.20. The van der Waals surface area contributed by atoms with Crippen molar-refractivity contribution in [3.05, 3.63) is 42.0 Å². The molecule has 0 saturated heterocycles. The van der Waals surface area contributed by atoms with Gasteiger partial charge >= 0.3 is 0 Å². The molecule has 1 rings (SSSR count). The summed E-state index contributed by atoms with van der Waals surface area (Å²) >= 11 is 17.2. The van der Waals surface area contributed by atoms with Crippen molar-refractivity contribution in [2.24, 2.45) is 0 Å². The zero-order valence-corrected chi connectivity index (χ0v) is 10.8. The van der Waals surface area contributed by atoms with E-state index < -0.39 is 3.12 Å². The van der Waals surface area contributed by atoms with Crippen LogP contribution in [0.1, 0.15) is 5.56 Å². The van der Waals surface area contributed by atoms with Crippen molar-refractivity contribution in [2.45, 2.75) is 3.12 Å². The largest absolute Gasteiger partial charge is 0.307 e. The molecule has 0 bridgehead atoms. The minimum Gasteiger partial charge on any atom is -0.307 e. The van der Waals surface area contributed by atoms with Gasteiger partial charge < -0.3 is 4.18 Å². The molecule has 0 amide bonds. The second-order valence-electron chi connectivity index (χ2n) is 2.63. The zero-order valence-electron chi connectivity index (χ0n) is 7.70. The molecule has 15 heavy (non-hydrogen) atoms. The SMILES string of the molecule is ClC(Cl)(Cl)SOCC=Cc1ccccc1. The number of rotatable bonds is 4. The maximum atomic E-state index is 5.47. The Kier molecular flexibility index (Phi) is 5.87. The molecule has 0 fully saturated rings. The van der Waals surface area contributed by atoms with Crippen LogP contribution in [-0.4, -0.2) is 9.73 Å². The lowest BCUT2D eigenvalue weighted by Crippen LogP contribution is -1.95. The minimum absolute atomic E-state index is 0.396. The Morgan fingerprint density at radius 1 is 1.20 bits per heavy atom. The molecule has 1 aromatic carbocycles. The molecule has 0 heterocycles. The second-order valence-corrected chi connectivity index (χ2v) is 6.59. The van der Waals surface area contributed by atoms with Crippen molar-refractivity contribution in [1.82, 2.24) is 0 Å². The lowest BCUT2D eigenvalue weighted by molar-refractivity contribution is 0.430. The molecule has 0 saturated carbocycles. The quantitative estimate of drug-likeness (QED) is 0.450. The van der Waals surface area contributed by atoms with Gasteiger partial charge in [0, 0.05) is 12.0 Å². The summed E-state index contributed by atoms with van der Waals surface area (Å²) in [6.07, 6.45) is 3.80. The van der Waals surface area contributed by atoms with Gasteiger partial charge in [0.2, 0.25) is 0 Å². The van der Waals surface area contributed by atoms with E-state index in [1.165, 1.54) is 0 Å². The molecule has 0 N–H and O–H groups in total. The first-order valence-electron chi connectivity index (χ1n) is 4.17. The summed E-state index contributed by atoms with van der Waals surface area (Å²) in [7, 11) is 0. The first-order valence-corrected chi connectivity index (χ1v) is 6.04. The summed E-state index contributed by atoms with van der Waals surface area (Å²) in [5, 5.41) is 0. The fourth-order valence-electron chi connectivity index (χ4n) is 0.888. The average molecular weight is 284 g/mol. The first-order chi connectivity index (χ1) is 7.08. The lowest BCUT2D eigenvalue weighted by atomic mass is 10.2. The standard InChI is InChI=1S/C10H9Cl3OS/c11-10(12,13)15-14-8-4-7-9-5-2-1-3-6-9/h1-7H,8H2. The Balaban J connectivity index is 2.24. The van der Waals surface area contributed by atoms with Gasteiger partial charge in [0.1, 0.15) is 0 Å². The second kappa shape index (κ2) is 6.66. The summed E-state index contributed by atoms with van der Waals surface area (Å²) in [5.74, 6) is 0. The van der Waals surface area contributed by atoms with Crippen molar-refractivity contribution in [1.29, 1.82) is 0 Å². The molecule has 1 nitrogen and oxygen atoms in total. The van der Waals surface area contributed by atoms with Crippen LogP contribution in [0.5, 0.6) is 0 Å². The minimum atomic E-state index is -1.42. The Hall–Kier alpha value is 0.140. The molecule has 0 radical (unpaired) electrons. The molecule has 5 heteroatoms. The smallest absolute Gasteiger partial charge is 0.262 e. The van der Waals surface area contributed by atoms with Gasteiger partial charge in [-0.15, -0.1) is 0 Å². The summed E-state index contributed by atoms with van der Waals surface area (Å²) in [4.78, 5) is 0. The van der Waals surface area contributed by atoms with Crippen LogP contribution in [-0.2, 0) is 4.18 Å². The van der Waals surface area contributed by atoms with Crippen LogP contribution in [0.2, 0.25) is 0 Å². The molecule has 0 spiro atoms. The number of benzene rings is 1. The van der Waals surface area contributed by atoms with Crippen LogP contribution in [0.4, 0.5) is 0 Å². The molecule has 0 aromatic heterocycles. The van der Waals surface area contributed by atoms with Gasteiger partial charge in [-0.25, -0.2) is 0 Å². The maximum Gasteiger partial charge on any atom is 0.262 e. The predicted molar refractivity (Wildman–Crippen MR) is 69.3 cm³/mol. The third-order valence-corrected chi connectivity index (χ3v) is 2.44. The van der Waals surface area contributed by atoms with Crippen LogP contribution >= 0.6 is 46.8 Å². The van der Waals surface area contributed by atoms with E-state index in [1.54, 1.807) is 0 Å². The van der Waals surface area contributed by atoms with Crippen molar-refractivity contribution in [3.8, 4) is 0 Å². The van der Waals surface area contributed by atoms with Gasteiger partial charge in [0.05, 0.1) is 6.61 Å². The molecular formula is C10H9Cl3OS. The van der Waals surface area contributed by atoms with Crippen LogP contribution in [0.25, 0.3) is 6.08 Å². The Morgan fingerprint density at radius 2 is 1.87 bits per heavy atom. The highest BCUT2D eigenvalue weighted by molar-refractivity contribution is 8.00. The lowest BCUT2D eigenvalue weighted by Gasteiger charge is -2.07. The average Bonchev–Trinajstić information content (AvgIpc) is 2.17. The van der Waals surface area contributed by atoms with Gasteiger partial charge in [-0.2, -0.15) is 0 Å². The maximum absolute atomic E-state index is 5.47. The van der Waals surface area contributed by atoms with Crippen molar-refractivity contribution in [2.75, 3.05) is 6.61 Å². The summed E-state index contributed by atoms with van der Waals surface area (Å²) < 4.78 is 3.64. The predicted octanol–water partition coefficient (Wildman–Crippen LogP) is 4.69. The highest BCUT2D eigenvalue weighted by atomic mass is 35.6. The number of halogens is 3. The fraction of sp³-hybridized carbons (Fsp3) is 0.200.